The minimum Gasteiger partial charge on any atom is -0.339 e. The summed E-state index contributed by atoms with van der Waals surface area (Å²) >= 11 is 7.26. The van der Waals surface area contributed by atoms with Gasteiger partial charge in [-0.2, -0.15) is 0 Å². The molecule has 2 aromatic heterocycles. The van der Waals surface area contributed by atoms with Crippen LogP contribution < -0.4 is 9.44 Å². The molecule has 29 heavy (non-hydrogen) atoms. The third kappa shape index (κ3) is 4.98. The molecule has 0 bridgehead atoms. The number of sulfonamides is 2. The Bertz CT molecular complexity index is 1230. The van der Waals surface area contributed by atoms with Gasteiger partial charge in [0.25, 0.3) is 20.0 Å². The van der Waals surface area contributed by atoms with Crippen LogP contribution in [0.2, 0.25) is 5.02 Å². The average Bonchev–Trinajstić information content (AvgIpc) is 3.26. The maximum Gasteiger partial charge on any atom is 0.262 e. The minimum atomic E-state index is -3.83. The van der Waals surface area contributed by atoms with Gasteiger partial charge in [0.05, 0.1) is 11.2 Å². The summed E-state index contributed by atoms with van der Waals surface area (Å²) < 4.78 is 56.6. The predicted molar refractivity (Wildman–Crippen MR) is 113 cm³/mol. The van der Waals surface area contributed by atoms with Crippen molar-refractivity contribution in [1.29, 1.82) is 0 Å². The van der Waals surface area contributed by atoms with Crippen LogP contribution in [0.1, 0.15) is 11.1 Å². The standard InChI is InChI=1S/C17H19ClN4O4S3/c1-12-14(18)4-3-5-15(12)28(23,24)21-17-13(7-9-27-17)6-8-20-29(25,26)16-10-22(2)11-19-16/h3-5,7,9-11,20-21H,6,8H2,1-2H3. The van der Waals surface area contributed by atoms with Crippen LogP contribution in [0.4, 0.5) is 5.00 Å². The molecule has 156 valence electrons. The van der Waals surface area contributed by atoms with E-state index in [9.17, 15) is 16.8 Å². The van der Waals surface area contributed by atoms with Crippen molar-refractivity contribution >= 4 is 48.0 Å². The highest BCUT2D eigenvalue weighted by Crippen LogP contribution is 2.29. The van der Waals surface area contributed by atoms with Gasteiger partial charge in [-0.05, 0) is 48.1 Å². The number of anilines is 1. The van der Waals surface area contributed by atoms with Crippen LogP contribution in [0.15, 0.2) is 52.1 Å². The Kier molecular flexibility index (Phi) is 6.34. The van der Waals surface area contributed by atoms with Crippen LogP contribution in [0.5, 0.6) is 0 Å². The largest absolute Gasteiger partial charge is 0.339 e. The molecule has 0 atom stereocenters. The Balaban J connectivity index is 1.70. The van der Waals surface area contributed by atoms with Crippen molar-refractivity contribution < 1.29 is 16.8 Å². The van der Waals surface area contributed by atoms with Gasteiger partial charge < -0.3 is 4.57 Å². The molecule has 2 N–H and O–H groups in total. The van der Waals surface area contributed by atoms with E-state index in [-0.39, 0.29) is 16.5 Å². The number of aromatic nitrogens is 2. The van der Waals surface area contributed by atoms with Crippen molar-refractivity contribution in [1.82, 2.24) is 14.3 Å². The number of aryl methyl sites for hydroxylation is 1. The zero-order valence-electron chi connectivity index (χ0n) is 15.6. The van der Waals surface area contributed by atoms with Gasteiger partial charge in [0.2, 0.25) is 0 Å². The van der Waals surface area contributed by atoms with Crippen LogP contribution in [0, 0.1) is 6.92 Å². The van der Waals surface area contributed by atoms with E-state index >= 15 is 0 Å². The van der Waals surface area contributed by atoms with Gasteiger partial charge in [0.15, 0.2) is 5.03 Å². The van der Waals surface area contributed by atoms with Gasteiger partial charge in [-0.15, -0.1) is 11.3 Å². The van der Waals surface area contributed by atoms with Crippen molar-refractivity contribution in [2.45, 2.75) is 23.3 Å². The van der Waals surface area contributed by atoms with Gasteiger partial charge in [0.1, 0.15) is 5.00 Å². The van der Waals surface area contributed by atoms with E-state index in [0.717, 1.165) is 0 Å². The first kappa shape index (κ1) is 21.8. The lowest BCUT2D eigenvalue weighted by Gasteiger charge is -2.12. The molecule has 0 amide bonds. The summed E-state index contributed by atoms with van der Waals surface area (Å²) in [6.45, 7) is 1.74. The second-order valence-electron chi connectivity index (χ2n) is 6.27. The summed E-state index contributed by atoms with van der Waals surface area (Å²) in [4.78, 5) is 3.93. The number of hydrogen-bond donors (Lipinski definition) is 2. The number of benzene rings is 1. The van der Waals surface area contributed by atoms with E-state index in [1.807, 2.05) is 0 Å². The fourth-order valence-electron chi connectivity index (χ4n) is 2.60. The van der Waals surface area contributed by atoms with Crippen LogP contribution in [0.25, 0.3) is 0 Å². The Morgan fingerprint density at radius 2 is 1.93 bits per heavy atom. The zero-order valence-corrected chi connectivity index (χ0v) is 18.8. The number of nitrogens with one attached hydrogen (secondary N) is 2. The molecule has 0 aliphatic carbocycles. The topological polar surface area (TPSA) is 110 Å². The first-order valence-corrected chi connectivity index (χ1v) is 12.6. The first-order valence-electron chi connectivity index (χ1n) is 8.42. The average molecular weight is 475 g/mol. The molecule has 0 spiro atoms. The SMILES string of the molecule is Cc1c(Cl)cccc1S(=O)(=O)Nc1sccc1CCNS(=O)(=O)c1cn(C)cn1. The molecule has 0 unspecified atom stereocenters. The molecule has 1 aromatic carbocycles. The number of rotatable bonds is 8. The van der Waals surface area contributed by atoms with Crippen molar-refractivity contribution in [2.24, 2.45) is 7.05 Å². The molecule has 0 saturated heterocycles. The molecule has 0 aliphatic rings. The Hall–Kier alpha value is -1.92. The fraction of sp³-hybridized carbons (Fsp3) is 0.235. The second kappa shape index (κ2) is 8.44. The molecular weight excluding hydrogens is 456 g/mol. The molecule has 3 rings (SSSR count). The molecule has 0 radical (unpaired) electrons. The Labute approximate surface area is 178 Å². The fourth-order valence-corrected chi connectivity index (χ4v) is 6.31. The Morgan fingerprint density at radius 1 is 1.17 bits per heavy atom. The highest BCUT2D eigenvalue weighted by molar-refractivity contribution is 7.93. The van der Waals surface area contributed by atoms with Crippen molar-refractivity contribution in [3.05, 3.63) is 58.3 Å². The predicted octanol–water partition coefficient (Wildman–Crippen LogP) is 2.77. The Morgan fingerprint density at radius 3 is 2.62 bits per heavy atom. The number of thiophene rings is 1. The first-order chi connectivity index (χ1) is 13.6. The van der Waals surface area contributed by atoms with Crippen molar-refractivity contribution in [2.75, 3.05) is 11.3 Å². The maximum absolute atomic E-state index is 12.8. The lowest BCUT2D eigenvalue weighted by atomic mass is 10.2. The summed E-state index contributed by atoms with van der Waals surface area (Å²) in [5.41, 5.74) is 1.14. The number of nitrogens with zero attached hydrogens (tertiary/aromatic N) is 2. The molecule has 3 aromatic rings. The molecule has 0 aliphatic heterocycles. The van der Waals surface area contributed by atoms with E-state index in [2.05, 4.69) is 14.4 Å². The number of imidazole rings is 1. The molecule has 0 fully saturated rings. The van der Waals surface area contributed by atoms with Crippen molar-refractivity contribution in [3.63, 3.8) is 0 Å². The lowest BCUT2D eigenvalue weighted by Crippen LogP contribution is -2.26. The van der Waals surface area contributed by atoms with Crippen LogP contribution in [-0.4, -0.2) is 32.9 Å². The molecule has 2 heterocycles. The molecule has 8 nitrogen and oxygen atoms in total. The lowest BCUT2D eigenvalue weighted by molar-refractivity contribution is 0.578. The minimum absolute atomic E-state index is 0.0670. The van der Waals surface area contributed by atoms with Crippen LogP contribution in [-0.2, 0) is 33.5 Å². The normalized spacial score (nSPS) is 12.2. The van der Waals surface area contributed by atoms with E-state index in [1.54, 1.807) is 37.6 Å². The summed E-state index contributed by atoms with van der Waals surface area (Å²) in [5, 5.41) is 2.47. The van der Waals surface area contributed by atoms with E-state index in [0.29, 0.717) is 27.6 Å². The van der Waals surface area contributed by atoms with E-state index in [1.165, 1.54) is 34.5 Å². The van der Waals surface area contributed by atoms with Gasteiger partial charge in [0, 0.05) is 24.8 Å². The smallest absolute Gasteiger partial charge is 0.262 e. The van der Waals surface area contributed by atoms with Gasteiger partial charge in [-0.1, -0.05) is 17.7 Å². The zero-order chi connectivity index (χ0) is 21.2. The third-order valence-corrected chi connectivity index (χ3v) is 8.37. The molecule has 0 saturated carbocycles. The van der Waals surface area contributed by atoms with E-state index in [4.69, 9.17) is 11.6 Å². The van der Waals surface area contributed by atoms with Crippen molar-refractivity contribution in [3.8, 4) is 0 Å². The quantitative estimate of drug-likeness (QED) is 0.521. The highest BCUT2D eigenvalue weighted by Gasteiger charge is 2.21. The highest BCUT2D eigenvalue weighted by atomic mass is 35.5. The maximum atomic E-state index is 12.8. The third-order valence-electron chi connectivity index (χ3n) is 4.12. The monoisotopic (exact) mass is 474 g/mol. The van der Waals surface area contributed by atoms with Gasteiger partial charge >= 0.3 is 0 Å². The number of hydrogen-bond acceptors (Lipinski definition) is 6. The van der Waals surface area contributed by atoms with Gasteiger partial charge in [-0.3, -0.25) is 4.72 Å². The van der Waals surface area contributed by atoms with Crippen LogP contribution >= 0.6 is 22.9 Å². The summed E-state index contributed by atoms with van der Waals surface area (Å²) in [7, 11) is -5.88. The van der Waals surface area contributed by atoms with Gasteiger partial charge in [-0.25, -0.2) is 26.5 Å². The van der Waals surface area contributed by atoms with E-state index < -0.39 is 20.0 Å². The summed E-state index contributed by atoms with van der Waals surface area (Å²) in [5.74, 6) is 0. The summed E-state index contributed by atoms with van der Waals surface area (Å²) in [6, 6.07) is 6.44. The van der Waals surface area contributed by atoms with Crippen LogP contribution in [0.3, 0.4) is 0 Å². The molecule has 12 heteroatoms. The molecular formula is C17H19ClN4O4S3. The number of halogens is 1. The second-order valence-corrected chi connectivity index (χ2v) is 11.0. The summed E-state index contributed by atoms with van der Waals surface area (Å²) in [6.07, 6.45) is 3.11.